The molecule has 0 radical (unpaired) electrons. The molecule has 2 atom stereocenters. The van der Waals surface area contributed by atoms with Crippen molar-refractivity contribution in [3.63, 3.8) is 0 Å². The molecule has 3 aromatic heterocycles. The first-order valence-electron chi connectivity index (χ1n) is 8.20. The first-order valence-corrected chi connectivity index (χ1v) is 8.20. The van der Waals surface area contributed by atoms with Crippen molar-refractivity contribution >= 4 is 17.5 Å². The number of hydrogen-bond donors (Lipinski definition) is 1. The molecule has 0 unspecified atom stereocenters. The molecule has 1 saturated heterocycles. The highest BCUT2D eigenvalue weighted by Crippen LogP contribution is 2.32. The lowest BCUT2D eigenvalue weighted by Gasteiger charge is -2.39. The van der Waals surface area contributed by atoms with E-state index in [0.29, 0.717) is 12.2 Å². The quantitative estimate of drug-likeness (QED) is 0.763. The molecule has 0 bridgehead atoms. The maximum absolute atomic E-state index is 12.3. The smallest absolute Gasteiger partial charge is 0.254 e. The van der Waals surface area contributed by atoms with Crippen molar-refractivity contribution < 1.29 is 4.79 Å². The Balaban J connectivity index is 1.73. The van der Waals surface area contributed by atoms with Crippen LogP contribution in [0.5, 0.6) is 0 Å². The van der Waals surface area contributed by atoms with Crippen LogP contribution in [-0.2, 0) is 11.8 Å². The Kier molecular flexibility index (Phi) is 3.63. The summed E-state index contributed by atoms with van der Waals surface area (Å²) in [4.78, 5) is 26.8. The fourth-order valence-electron chi connectivity index (χ4n) is 3.47. The van der Waals surface area contributed by atoms with Crippen molar-refractivity contribution in [1.29, 1.82) is 0 Å². The van der Waals surface area contributed by atoms with Crippen LogP contribution >= 0.6 is 0 Å². The lowest BCUT2D eigenvalue weighted by molar-refractivity contribution is -0.135. The number of hydrogen-bond acceptors (Lipinski definition) is 6. The van der Waals surface area contributed by atoms with Crippen molar-refractivity contribution in [2.75, 3.05) is 12.4 Å². The summed E-state index contributed by atoms with van der Waals surface area (Å²) < 4.78 is 3.64. The van der Waals surface area contributed by atoms with Crippen LogP contribution in [0.3, 0.4) is 0 Å². The second-order valence-corrected chi connectivity index (χ2v) is 6.42. The van der Waals surface area contributed by atoms with Crippen molar-refractivity contribution in [2.45, 2.75) is 31.8 Å². The van der Waals surface area contributed by atoms with Gasteiger partial charge in [0.25, 0.3) is 5.78 Å². The summed E-state index contributed by atoms with van der Waals surface area (Å²) in [6.45, 7) is 1.93. The topological polar surface area (TPSA) is 93.2 Å². The molecule has 25 heavy (non-hydrogen) atoms. The molecule has 1 aliphatic heterocycles. The minimum Gasteiger partial charge on any atom is -0.365 e. The van der Waals surface area contributed by atoms with Crippen LogP contribution in [0.2, 0.25) is 0 Å². The molecule has 4 heterocycles. The lowest BCUT2D eigenvalue weighted by Crippen LogP contribution is -2.47. The van der Waals surface area contributed by atoms with Gasteiger partial charge in [0.15, 0.2) is 0 Å². The second kappa shape index (κ2) is 5.83. The number of fused-ring (bicyclic) bond motifs is 1. The van der Waals surface area contributed by atoms with Crippen molar-refractivity contribution in [3.8, 4) is 0 Å². The molecule has 1 amide bonds. The predicted molar refractivity (Wildman–Crippen MR) is 90.9 cm³/mol. The Labute approximate surface area is 144 Å². The van der Waals surface area contributed by atoms with E-state index >= 15 is 0 Å². The number of nitrogens with zero attached hydrogens (tertiary/aromatic N) is 7. The zero-order valence-electron chi connectivity index (χ0n) is 14.4. The monoisotopic (exact) mass is 340 g/mol. The molecule has 0 saturated carbocycles. The van der Waals surface area contributed by atoms with E-state index in [9.17, 15) is 4.79 Å². The first-order chi connectivity index (χ1) is 12.0. The summed E-state index contributed by atoms with van der Waals surface area (Å²) in [5.41, 5.74) is 1.86. The number of anilines is 1. The highest BCUT2D eigenvalue weighted by molar-refractivity contribution is 5.77. The minimum atomic E-state index is -0.110. The van der Waals surface area contributed by atoms with E-state index in [2.05, 4.69) is 25.4 Å². The standard InChI is InChI=1S/C16H20N8O/c1-10-6-13(24-16(20-10)18-8-19-24)21-11-4-5-14(25)23(3)15(11)12-7-17-9-22(12)2/h6-9,11,15,21H,4-5H2,1-3H3/t11-,15-/m1/s1. The average molecular weight is 340 g/mol. The summed E-state index contributed by atoms with van der Waals surface area (Å²) in [6, 6.07) is 1.87. The number of amides is 1. The van der Waals surface area contributed by atoms with Crippen LogP contribution in [-0.4, -0.2) is 53.0 Å². The Morgan fingerprint density at radius 3 is 2.92 bits per heavy atom. The van der Waals surface area contributed by atoms with Crippen LogP contribution in [0.25, 0.3) is 5.78 Å². The average Bonchev–Trinajstić information content (AvgIpc) is 3.20. The number of imidazole rings is 1. The van der Waals surface area contributed by atoms with Crippen LogP contribution in [0.1, 0.15) is 30.3 Å². The van der Waals surface area contributed by atoms with Crippen molar-refractivity contribution in [3.05, 3.63) is 36.3 Å². The summed E-state index contributed by atoms with van der Waals surface area (Å²) >= 11 is 0. The molecule has 9 heteroatoms. The Morgan fingerprint density at radius 1 is 1.32 bits per heavy atom. The van der Waals surface area contributed by atoms with Gasteiger partial charge >= 0.3 is 0 Å². The molecule has 0 aromatic carbocycles. The highest BCUT2D eigenvalue weighted by Gasteiger charge is 2.36. The van der Waals surface area contributed by atoms with Gasteiger partial charge in [0.2, 0.25) is 5.91 Å². The molecule has 0 aliphatic carbocycles. The molecule has 0 spiro atoms. The number of likely N-dealkylation sites (tertiary alicyclic amines) is 1. The number of piperidine rings is 1. The Morgan fingerprint density at radius 2 is 2.16 bits per heavy atom. The van der Waals surface area contributed by atoms with E-state index in [1.54, 1.807) is 15.7 Å². The van der Waals surface area contributed by atoms with Gasteiger partial charge < -0.3 is 14.8 Å². The molecule has 130 valence electrons. The van der Waals surface area contributed by atoms with E-state index in [0.717, 1.165) is 23.6 Å². The maximum atomic E-state index is 12.3. The van der Waals surface area contributed by atoms with Gasteiger partial charge in [-0.25, -0.2) is 9.97 Å². The van der Waals surface area contributed by atoms with Crippen molar-refractivity contribution in [1.82, 2.24) is 34.0 Å². The molecular weight excluding hydrogens is 320 g/mol. The fraction of sp³-hybridized carbons (Fsp3) is 0.438. The van der Waals surface area contributed by atoms with Gasteiger partial charge in [0.05, 0.1) is 30.3 Å². The lowest BCUT2D eigenvalue weighted by atomic mass is 9.93. The number of carbonyl (C=O) groups is 1. The molecule has 9 nitrogen and oxygen atoms in total. The van der Waals surface area contributed by atoms with Gasteiger partial charge in [-0.15, -0.1) is 0 Å². The molecule has 1 N–H and O–H groups in total. The number of aromatic nitrogens is 6. The van der Waals surface area contributed by atoms with Crippen LogP contribution in [0, 0.1) is 6.92 Å². The third kappa shape index (κ3) is 2.61. The molecule has 1 fully saturated rings. The van der Waals surface area contributed by atoms with Crippen LogP contribution < -0.4 is 5.32 Å². The van der Waals surface area contributed by atoms with Crippen LogP contribution in [0.15, 0.2) is 24.9 Å². The molecule has 1 aliphatic rings. The first kappa shape index (κ1) is 15.6. The second-order valence-electron chi connectivity index (χ2n) is 6.42. The maximum Gasteiger partial charge on any atom is 0.254 e. The Bertz CT molecular complexity index is 929. The molecule has 4 rings (SSSR count). The molecule has 3 aromatic rings. The van der Waals surface area contributed by atoms with Gasteiger partial charge in [-0.3, -0.25) is 4.79 Å². The summed E-state index contributed by atoms with van der Waals surface area (Å²) in [6.07, 6.45) is 6.30. The van der Waals surface area contributed by atoms with Gasteiger partial charge in [-0.2, -0.15) is 14.6 Å². The minimum absolute atomic E-state index is 0.0345. The summed E-state index contributed by atoms with van der Waals surface area (Å²) in [7, 11) is 3.79. The number of rotatable bonds is 3. The van der Waals surface area contributed by atoms with Gasteiger partial charge in [0.1, 0.15) is 12.1 Å². The summed E-state index contributed by atoms with van der Waals surface area (Å²) in [5, 5.41) is 7.80. The number of aryl methyl sites for hydroxylation is 2. The third-order valence-electron chi connectivity index (χ3n) is 4.73. The van der Waals surface area contributed by atoms with E-state index in [1.165, 1.54) is 6.33 Å². The van der Waals surface area contributed by atoms with E-state index in [1.807, 2.05) is 37.8 Å². The number of nitrogens with one attached hydrogen (secondary N) is 1. The Hall–Kier alpha value is -2.97. The van der Waals surface area contributed by atoms with E-state index in [-0.39, 0.29) is 18.0 Å². The van der Waals surface area contributed by atoms with E-state index in [4.69, 9.17) is 0 Å². The zero-order valence-corrected chi connectivity index (χ0v) is 14.4. The third-order valence-corrected chi connectivity index (χ3v) is 4.73. The predicted octanol–water partition coefficient (Wildman–Crippen LogP) is 0.940. The SMILES string of the molecule is Cc1cc(N[C@@H]2CCC(=O)N(C)[C@H]2c2cncn2C)n2ncnc2n1. The largest absolute Gasteiger partial charge is 0.365 e. The van der Waals surface area contributed by atoms with Crippen LogP contribution in [0.4, 0.5) is 5.82 Å². The molecular formula is C16H20N8O. The van der Waals surface area contributed by atoms with Gasteiger partial charge in [0, 0.05) is 32.3 Å². The van der Waals surface area contributed by atoms with E-state index < -0.39 is 0 Å². The highest BCUT2D eigenvalue weighted by atomic mass is 16.2. The van der Waals surface area contributed by atoms with Crippen molar-refractivity contribution in [2.24, 2.45) is 7.05 Å². The number of likely N-dealkylation sites (N-methyl/N-ethyl adjacent to an activating group) is 1. The van der Waals surface area contributed by atoms with Gasteiger partial charge in [-0.05, 0) is 13.3 Å². The normalized spacial score (nSPS) is 21.1. The summed E-state index contributed by atoms with van der Waals surface area (Å²) in [5.74, 6) is 1.51. The van der Waals surface area contributed by atoms with Gasteiger partial charge in [-0.1, -0.05) is 0 Å². The zero-order chi connectivity index (χ0) is 17.6. The fourth-order valence-corrected chi connectivity index (χ4v) is 3.47. The number of carbonyl (C=O) groups excluding carboxylic acids is 1.